The number of hydrogen-bond acceptors (Lipinski definition) is 4. The molecule has 0 spiro atoms. The van der Waals surface area contributed by atoms with Crippen LogP contribution in [0.15, 0.2) is 18.2 Å². The first kappa shape index (κ1) is 15.5. The number of carboxylic acids is 1. The van der Waals surface area contributed by atoms with Gasteiger partial charge in [0.05, 0.1) is 12.1 Å². The van der Waals surface area contributed by atoms with Gasteiger partial charge in [0.25, 0.3) is 0 Å². The molecule has 0 unspecified atom stereocenters. The first-order valence-electron chi connectivity index (χ1n) is 7.07. The zero-order chi connectivity index (χ0) is 15.4. The van der Waals surface area contributed by atoms with E-state index in [0.29, 0.717) is 12.2 Å². The highest BCUT2D eigenvalue weighted by Crippen LogP contribution is 2.17. The van der Waals surface area contributed by atoms with Crippen LogP contribution in [0.4, 0.5) is 5.69 Å². The van der Waals surface area contributed by atoms with Gasteiger partial charge in [-0.3, -0.25) is 9.69 Å². The molecule has 1 aliphatic heterocycles. The minimum absolute atomic E-state index is 0.129. The van der Waals surface area contributed by atoms with Crippen LogP contribution in [0.1, 0.15) is 28.8 Å². The summed E-state index contributed by atoms with van der Waals surface area (Å²) < 4.78 is 0. The molecule has 6 nitrogen and oxygen atoms in total. The fourth-order valence-electron chi connectivity index (χ4n) is 2.39. The Morgan fingerprint density at radius 1 is 1.38 bits per heavy atom. The van der Waals surface area contributed by atoms with Gasteiger partial charge in [-0.15, -0.1) is 0 Å². The van der Waals surface area contributed by atoms with Crippen molar-refractivity contribution < 1.29 is 14.7 Å². The Labute approximate surface area is 123 Å². The van der Waals surface area contributed by atoms with Crippen molar-refractivity contribution in [2.75, 3.05) is 25.0 Å². The molecule has 4 N–H and O–H groups in total. The zero-order valence-electron chi connectivity index (χ0n) is 12.1. The number of carbonyl (C=O) groups is 2. The molecular formula is C15H21N3O3. The van der Waals surface area contributed by atoms with E-state index in [1.165, 1.54) is 12.1 Å². The van der Waals surface area contributed by atoms with E-state index in [2.05, 4.69) is 10.2 Å². The molecule has 0 aliphatic carbocycles. The summed E-state index contributed by atoms with van der Waals surface area (Å²) in [5.41, 5.74) is 7.39. The van der Waals surface area contributed by atoms with Crippen LogP contribution in [0, 0.1) is 6.92 Å². The number of carbonyl (C=O) groups excluding carboxylic acids is 1. The van der Waals surface area contributed by atoms with Gasteiger partial charge in [-0.25, -0.2) is 4.79 Å². The monoisotopic (exact) mass is 291 g/mol. The predicted octanol–water partition coefficient (Wildman–Crippen LogP) is 1.05. The van der Waals surface area contributed by atoms with E-state index in [1.807, 2.05) is 6.92 Å². The number of amides is 1. The second kappa shape index (κ2) is 6.69. The lowest BCUT2D eigenvalue weighted by molar-refractivity contribution is -0.117. The van der Waals surface area contributed by atoms with Crippen LogP contribution >= 0.6 is 0 Å². The van der Waals surface area contributed by atoms with Gasteiger partial charge in [0, 0.05) is 24.8 Å². The third kappa shape index (κ3) is 4.27. The lowest BCUT2D eigenvalue weighted by Crippen LogP contribution is -2.43. The van der Waals surface area contributed by atoms with Crippen molar-refractivity contribution >= 4 is 17.6 Å². The maximum absolute atomic E-state index is 12.1. The van der Waals surface area contributed by atoms with Gasteiger partial charge < -0.3 is 16.2 Å². The Morgan fingerprint density at radius 3 is 2.67 bits per heavy atom. The fraction of sp³-hybridized carbons (Fsp3) is 0.467. The Balaban J connectivity index is 1.96. The van der Waals surface area contributed by atoms with Crippen molar-refractivity contribution in [1.82, 2.24) is 4.90 Å². The van der Waals surface area contributed by atoms with Crippen molar-refractivity contribution in [3.63, 3.8) is 0 Å². The molecule has 1 fully saturated rings. The van der Waals surface area contributed by atoms with E-state index in [9.17, 15) is 9.59 Å². The van der Waals surface area contributed by atoms with Gasteiger partial charge in [0.2, 0.25) is 5.91 Å². The molecular weight excluding hydrogens is 270 g/mol. The minimum Gasteiger partial charge on any atom is -0.478 e. The molecule has 6 heteroatoms. The molecule has 1 aromatic rings. The Bertz CT molecular complexity index is 537. The standard InChI is InChI=1S/C15H21N3O3/c1-10-2-3-11(15(20)21)8-13(10)17-14(19)9-18-6-4-12(16)5-7-18/h2-3,8,12H,4-7,9,16H2,1H3,(H,17,19)(H,20,21). The van der Waals surface area contributed by atoms with Crippen LogP contribution in [-0.4, -0.2) is 47.6 Å². The lowest BCUT2D eigenvalue weighted by atomic mass is 10.1. The van der Waals surface area contributed by atoms with Gasteiger partial charge >= 0.3 is 5.97 Å². The maximum Gasteiger partial charge on any atom is 0.335 e. The Kier molecular flexibility index (Phi) is 4.93. The maximum atomic E-state index is 12.1. The highest BCUT2D eigenvalue weighted by Gasteiger charge is 2.18. The molecule has 114 valence electrons. The smallest absolute Gasteiger partial charge is 0.335 e. The molecule has 1 saturated heterocycles. The third-order valence-corrected chi connectivity index (χ3v) is 3.76. The number of anilines is 1. The van der Waals surface area contributed by atoms with E-state index >= 15 is 0 Å². The van der Waals surface area contributed by atoms with E-state index in [0.717, 1.165) is 31.5 Å². The van der Waals surface area contributed by atoms with Crippen molar-refractivity contribution in [3.8, 4) is 0 Å². The fourth-order valence-corrected chi connectivity index (χ4v) is 2.39. The first-order valence-corrected chi connectivity index (χ1v) is 7.07. The summed E-state index contributed by atoms with van der Waals surface area (Å²) in [6, 6.07) is 4.94. The van der Waals surface area contributed by atoms with E-state index < -0.39 is 5.97 Å². The summed E-state index contributed by atoms with van der Waals surface area (Å²) in [6.45, 7) is 3.79. The van der Waals surface area contributed by atoms with Crippen LogP contribution in [0.3, 0.4) is 0 Å². The number of nitrogens with one attached hydrogen (secondary N) is 1. The quantitative estimate of drug-likeness (QED) is 0.771. The molecule has 0 bridgehead atoms. The van der Waals surface area contributed by atoms with Gasteiger partial charge in [-0.1, -0.05) is 6.07 Å². The highest BCUT2D eigenvalue weighted by molar-refractivity contribution is 5.95. The van der Waals surface area contributed by atoms with Crippen LogP contribution in [-0.2, 0) is 4.79 Å². The number of nitrogens with two attached hydrogens (primary N) is 1. The molecule has 0 saturated carbocycles. The van der Waals surface area contributed by atoms with Crippen LogP contribution in [0.5, 0.6) is 0 Å². The highest BCUT2D eigenvalue weighted by atomic mass is 16.4. The van der Waals surface area contributed by atoms with Gasteiger partial charge in [-0.2, -0.15) is 0 Å². The Hall–Kier alpha value is -1.92. The molecule has 1 aliphatic rings. The first-order chi connectivity index (χ1) is 9.95. The number of piperidine rings is 1. The molecule has 1 aromatic carbocycles. The number of aromatic carboxylic acids is 1. The average molecular weight is 291 g/mol. The number of rotatable bonds is 4. The van der Waals surface area contributed by atoms with Crippen molar-refractivity contribution in [2.45, 2.75) is 25.8 Å². The van der Waals surface area contributed by atoms with Gasteiger partial charge in [0.1, 0.15) is 0 Å². The number of aryl methyl sites for hydroxylation is 1. The van der Waals surface area contributed by atoms with E-state index in [-0.39, 0.29) is 17.5 Å². The molecule has 0 radical (unpaired) electrons. The lowest BCUT2D eigenvalue weighted by Gasteiger charge is -2.29. The Morgan fingerprint density at radius 2 is 2.05 bits per heavy atom. The molecule has 0 aromatic heterocycles. The number of hydrogen-bond donors (Lipinski definition) is 3. The number of likely N-dealkylation sites (tertiary alicyclic amines) is 1. The normalized spacial score (nSPS) is 16.7. The van der Waals surface area contributed by atoms with Crippen molar-refractivity contribution in [3.05, 3.63) is 29.3 Å². The van der Waals surface area contributed by atoms with Gasteiger partial charge in [-0.05, 0) is 37.5 Å². The summed E-state index contributed by atoms with van der Waals surface area (Å²) in [5, 5.41) is 11.8. The summed E-state index contributed by atoms with van der Waals surface area (Å²) >= 11 is 0. The number of carboxylic acid groups (broad SMARTS) is 1. The van der Waals surface area contributed by atoms with Crippen LogP contribution in [0.25, 0.3) is 0 Å². The largest absolute Gasteiger partial charge is 0.478 e. The topological polar surface area (TPSA) is 95.7 Å². The summed E-state index contributed by atoms with van der Waals surface area (Å²) in [7, 11) is 0. The number of benzene rings is 1. The predicted molar refractivity (Wildman–Crippen MR) is 80.4 cm³/mol. The second-order valence-electron chi connectivity index (χ2n) is 5.50. The van der Waals surface area contributed by atoms with E-state index in [4.69, 9.17) is 10.8 Å². The van der Waals surface area contributed by atoms with Crippen molar-refractivity contribution in [1.29, 1.82) is 0 Å². The zero-order valence-corrected chi connectivity index (χ0v) is 12.1. The molecule has 1 heterocycles. The molecule has 1 amide bonds. The minimum atomic E-state index is -1.00. The van der Waals surface area contributed by atoms with Crippen molar-refractivity contribution in [2.24, 2.45) is 5.73 Å². The van der Waals surface area contributed by atoms with Gasteiger partial charge in [0.15, 0.2) is 0 Å². The van der Waals surface area contributed by atoms with E-state index in [1.54, 1.807) is 6.07 Å². The number of nitrogens with zero attached hydrogens (tertiary/aromatic N) is 1. The summed E-state index contributed by atoms with van der Waals surface area (Å²) in [5.74, 6) is -1.13. The third-order valence-electron chi connectivity index (χ3n) is 3.76. The summed E-state index contributed by atoms with van der Waals surface area (Å²) in [4.78, 5) is 25.1. The summed E-state index contributed by atoms with van der Waals surface area (Å²) in [6.07, 6.45) is 1.81. The molecule has 2 rings (SSSR count). The molecule has 0 atom stereocenters. The SMILES string of the molecule is Cc1ccc(C(=O)O)cc1NC(=O)CN1CCC(N)CC1. The van der Waals surface area contributed by atoms with Crippen LogP contribution in [0.2, 0.25) is 0 Å². The molecule has 21 heavy (non-hydrogen) atoms. The van der Waals surface area contributed by atoms with Crippen LogP contribution < -0.4 is 11.1 Å². The average Bonchev–Trinajstić information content (AvgIpc) is 2.43. The second-order valence-corrected chi connectivity index (χ2v) is 5.50.